The maximum atomic E-state index is 12.8. The molecule has 5 nitrogen and oxygen atoms in total. The van der Waals surface area contributed by atoms with Gasteiger partial charge in [-0.15, -0.1) is 0 Å². The lowest BCUT2D eigenvalue weighted by atomic mass is 9.76. The number of carbonyl (C=O) groups is 1. The normalized spacial score (nSPS) is 26.1. The van der Waals surface area contributed by atoms with Gasteiger partial charge in [0.25, 0.3) is 5.91 Å². The fraction of sp³-hybridized carbons (Fsp3) is 0.423. The van der Waals surface area contributed by atoms with E-state index in [0.717, 1.165) is 37.3 Å². The van der Waals surface area contributed by atoms with E-state index in [1.54, 1.807) is 0 Å². The highest BCUT2D eigenvalue weighted by atomic mass is 16.5. The van der Waals surface area contributed by atoms with E-state index < -0.39 is 0 Å². The molecule has 2 aromatic carbocycles. The molecule has 0 spiro atoms. The van der Waals surface area contributed by atoms with Crippen molar-refractivity contribution >= 4 is 11.6 Å². The number of para-hydroxylation sites is 1. The monoisotopic (exact) mass is 418 g/mol. The van der Waals surface area contributed by atoms with Gasteiger partial charge in [0.1, 0.15) is 5.75 Å². The maximum Gasteiger partial charge on any atom is 0.251 e. The van der Waals surface area contributed by atoms with E-state index in [9.17, 15) is 4.79 Å². The molecule has 0 radical (unpaired) electrons. The minimum absolute atomic E-state index is 0.0272. The number of fused-ring (bicyclic) bond motifs is 3. The maximum absolute atomic E-state index is 12.8. The number of benzene rings is 2. The van der Waals surface area contributed by atoms with Gasteiger partial charge in [0.2, 0.25) is 0 Å². The van der Waals surface area contributed by atoms with Crippen LogP contribution in [0.5, 0.6) is 5.75 Å². The quantitative estimate of drug-likeness (QED) is 0.661. The molecule has 2 aromatic rings. The van der Waals surface area contributed by atoms with Gasteiger partial charge in [-0.2, -0.15) is 0 Å². The first-order valence-corrected chi connectivity index (χ1v) is 11.4. The molecule has 1 aliphatic carbocycles. The van der Waals surface area contributed by atoms with Crippen molar-refractivity contribution in [3.8, 4) is 5.75 Å². The zero-order valence-corrected chi connectivity index (χ0v) is 18.0. The van der Waals surface area contributed by atoms with Gasteiger partial charge < -0.3 is 20.1 Å². The van der Waals surface area contributed by atoms with Crippen molar-refractivity contribution < 1.29 is 14.3 Å². The molecule has 4 atom stereocenters. The summed E-state index contributed by atoms with van der Waals surface area (Å²) in [6.45, 7) is 4.05. The Morgan fingerprint density at radius 3 is 2.97 bits per heavy atom. The number of amides is 1. The Hall–Kier alpha value is -2.79. The Bertz CT molecular complexity index is 980. The van der Waals surface area contributed by atoms with Gasteiger partial charge in [-0.1, -0.05) is 30.4 Å². The van der Waals surface area contributed by atoms with Crippen molar-refractivity contribution in [2.45, 2.75) is 44.2 Å². The molecular formula is C26H30N2O3. The highest BCUT2D eigenvalue weighted by Crippen LogP contribution is 2.51. The van der Waals surface area contributed by atoms with E-state index in [4.69, 9.17) is 9.47 Å². The number of ether oxygens (including phenoxy) is 2. The third-order valence-electron chi connectivity index (χ3n) is 6.69. The third kappa shape index (κ3) is 3.94. The molecule has 1 amide bonds. The average Bonchev–Trinajstić information content (AvgIpc) is 3.50. The van der Waals surface area contributed by atoms with Gasteiger partial charge in [-0.05, 0) is 61.9 Å². The summed E-state index contributed by atoms with van der Waals surface area (Å²) in [6, 6.07) is 14.5. The Kier molecular flexibility index (Phi) is 5.68. The minimum Gasteiger partial charge on any atom is -0.494 e. The number of carbonyl (C=O) groups excluding carboxylic acids is 1. The van der Waals surface area contributed by atoms with Crippen molar-refractivity contribution in [2.24, 2.45) is 5.92 Å². The summed E-state index contributed by atoms with van der Waals surface area (Å²) in [4.78, 5) is 12.8. The lowest BCUT2D eigenvalue weighted by Crippen LogP contribution is -2.32. The van der Waals surface area contributed by atoms with E-state index in [1.807, 2.05) is 19.1 Å². The molecule has 31 heavy (non-hydrogen) atoms. The SMILES string of the molecule is CCOc1ccccc1C1Nc2ccc(C(=O)NCC3CCCO3)cc2C2C=CCC21. The summed E-state index contributed by atoms with van der Waals surface area (Å²) < 4.78 is 11.5. The number of hydrogen-bond acceptors (Lipinski definition) is 4. The van der Waals surface area contributed by atoms with Crippen LogP contribution in [0, 0.1) is 5.92 Å². The lowest BCUT2D eigenvalue weighted by Gasteiger charge is -2.38. The van der Waals surface area contributed by atoms with Crippen LogP contribution in [0.25, 0.3) is 0 Å². The number of nitrogens with one attached hydrogen (secondary N) is 2. The number of rotatable bonds is 6. The predicted molar refractivity (Wildman–Crippen MR) is 122 cm³/mol. The van der Waals surface area contributed by atoms with Crippen LogP contribution in [0.3, 0.4) is 0 Å². The molecule has 3 aliphatic rings. The Morgan fingerprint density at radius 1 is 1.23 bits per heavy atom. The van der Waals surface area contributed by atoms with Crippen LogP contribution in [-0.4, -0.2) is 31.8 Å². The van der Waals surface area contributed by atoms with E-state index in [2.05, 4.69) is 53.1 Å². The molecule has 1 fully saturated rings. The van der Waals surface area contributed by atoms with Crippen LogP contribution in [-0.2, 0) is 4.74 Å². The van der Waals surface area contributed by atoms with E-state index >= 15 is 0 Å². The van der Waals surface area contributed by atoms with E-state index in [-0.39, 0.29) is 18.1 Å². The second-order valence-electron chi connectivity index (χ2n) is 8.59. The summed E-state index contributed by atoms with van der Waals surface area (Å²) in [6.07, 6.45) is 7.83. The largest absolute Gasteiger partial charge is 0.494 e. The standard InChI is InChI=1S/C26H30N2O3/c1-2-30-24-11-4-3-8-21(24)25-20-10-5-9-19(20)22-15-17(12-13-23(22)28-25)26(29)27-16-18-7-6-14-31-18/h3-5,8-9,11-13,15,18-20,25,28H,2,6-7,10,14,16H2,1H3,(H,27,29). The van der Waals surface area contributed by atoms with Crippen LogP contribution in [0.4, 0.5) is 5.69 Å². The number of allylic oxidation sites excluding steroid dienone is 2. The molecule has 2 N–H and O–H groups in total. The lowest BCUT2D eigenvalue weighted by molar-refractivity contribution is 0.0857. The number of anilines is 1. The first-order valence-electron chi connectivity index (χ1n) is 11.4. The Labute approximate surface area is 183 Å². The highest BCUT2D eigenvalue weighted by molar-refractivity contribution is 5.95. The van der Waals surface area contributed by atoms with Crippen LogP contribution in [0.1, 0.15) is 59.6 Å². The van der Waals surface area contributed by atoms with Crippen LogP contribution in [0.15, 0.2) is 54.6 Å². The predicted octanol–water partition coefficient (Wildman–Crippen LogP) is 4.82. The second-order valence-corrected chi connectivity index (χ2v) is 8.59. The van der Waals surface area contributed by atoms with Crippen LogP contribution in [0.2, 0.25) is 0 Å². The minimum atomic E-state index is -0.0272. The van der Waals surface area contributed by atoms with Gasteiger partial charge in [0, 0.05) is 35.9 Å². The van der Waals surface area contributed by atoms with Crippen LogP contribution >= 0.6 is 0 Å². The first-order chi connectivity index (χ1) is 15.2. The average molecular weight is 419 g/mol. The van der Waals surface area contributed by atoms with Crippen LogP contribution < -0.4 is 15.4 Å². The summed E-state index contributed by atoms with van der Waals surface area (Å²) in [7, 11) is 0. The van der Waals surface area contributed by atoms with Gasteiger partial charge in [-0.25, -0.2) is 0 Å². The fourth-order valence-electron chi connectivity index (χ4n) is 5.18. The first kappa shape index (κ1) is 20.1. The van der Waals surface area contributed by atoms with E-state index in [1.165, 1.54) is 11.1 Å². The fourth-order valence-corrected chi connectivity index (χ4v) is 5.18. The molecule has 2 heterocycles. The Balaban J connectivity index is 1.39. The van der Waals surface area contributed by atoms with Gasteiger partial charge in [0.05, 0.1) is 18.8 Å². The van der Waals surface area contributed by atoms with E-state index in [0.29, 0.717) is 30.6 Å². The smallest absolute Gasteiger partial charge is 0.251 e. The molecule has 0 saturated carbocycles. The topological polar surface area (TPSA) is 59.6 Å². The zero-order valence-electron chi connectivity index (χ0n) is 18.0. The molecule has 1 saturated heterocycles. The van der Waals surface area contributed by atoms with Gasteiger partial charge in [-0.3, -0.25) is 4.79 Å². The van der Waals surface area contributed by atoms with Gasteiger partial charge >= 0.3 is 0 Å². The molecule has 2 aliphatic heterocycles. The Morgan fingerprint density at radius 2 is 2.13 bits per heavy atom. The molecular weight excluding hydrogens is 388 g/mol. The second kappa shape index (κ2) is 8.75. The molecule has 4 unspecified atom stereocenters. The van der Waals surface area contributed by atoms with Gasteiger partial charge in [0.15, 0.2) is 0 Å². The van der Waals surface area contributed by atoms with Crippen molar-refractivity contribution in [2.75, 3.05) is 25.1 Å². The summed E-state index contributed by atoms with van der Waals surface area (Å²) >= 11 is 0. The summed E-state index contributed by atoms with van der Waals surface area (Å²) in [5.41, 5.74) is 4.21. The van der Waals surface area contributed by atoms with Crippen molar-refractivity contribution in [3.05, 3.63) is 71.3 Å². The zero-order chi connectivity index (χ0) is 21.2. The molecule has 162 valence electrons. The molecule has 5 rings (SSSR count). The van der Waals surface area contributed by atoms with Crippen molar-refractivity contribution in [3.63, 3.8) is 0 Å². The summed E-state index contributed by atoms with van der Waals surface area (Å²) in [5.74, 6) is 1.61. The van der Waals surface area contributed by atoms with Crippen molar-refractivity contribution in [1.82, 2.24) is 5.32 Å². The number of hydrogen-bond donors (Lipinski definition) is 2. The van der Waals surface area contributed by atoms with Crippen molar-refractivity contribution in [1.29, 1.82) is 0 Å². The third-order valence-corrected chi connectivity index (χ3v) is 6.69. The summed E-state index contributed by atoms with van der Waals surface area (Å²) in [5, 5.41) is 6.80. The molecule has 5 heteroatoms. The molecule has 0 bridgehead atoms. The highest BCUT2D eigenvalue weighted by Gasteiger charge is 2.39. The molecule has 0 aromatic heterocycles.